The van der Waals surface area contributed by atoms with Crippen LogP contribution in [0.25, 0.3) is 0 Å². The Balaban J connectivity index is 1.74. The third kappa shape index (κ3) is 5.32. The van der Waals surface area contributed by atoms with Crippen molar-refractivity contribution in [3.8, 4) is 11.8 Å². The highest BCUT2D eigenvalue weighted by Crippen LogP contribution is 1.98. The number of aliphatic hydroxyl groups is 1. The molecule has 1 unspecified atom stereocenters. The molecular formula is C16H22N2O2. The van der Waals surface area contributed by atoms with Gasteiger partial charge in [-0.3, -0.25) is 10.2 Å². The summed E-state index contributed by atoms with van der Waals surface area (Å²) in [7, 11) is 0. The fourth-order valence-electron chi connectivity index (χ4n) is 2.04. The summed E-state index contributed by atoms with van der Waals surface area (Å²) in [5, 5.41) is 12.6. The molecule has 1 aromatic rings. The highest BCUT2D eigenvalue weighted by atomic mass is 16.5. The monoisotopic (exact) mass is 274 g/mol. The average molecular weight is 274 g/mol. The van der Waals surface area contributed by atoms with Crippen molar-refractivity contribution >= 4 is 0 Å². The topological polar surface area (TPSA) is 44.7 Å². The minimum Gasteiger partial charge on any atom is -0.394 e. The highest BCUT2D eigenvalue weighted by molar-refractivity contribution is 5.16. The maximum absolute atomic E-state index is 9.34. The Morgan fingerprint density at radius 2 is 2.00 bits per heavy atom. The number of nitrogens with one attached hydrogen (secondary N) is 1. The first-order valence-corrected chi connectivity index (χ1v) is 7.05. The predicted molar refractivity (Wildman–Crippen MR) is 79.2 cm³/mol. The molecule has 2 rings (SSSR count). The third-order valence-electron chi connectivity index (χ3n) is 3.26. The van der Waals surface area contributed by atoms with E-state index in [9.17, 15) is 5.11 Å². The molecule has 0 spiro atoms. The van der Waals surface area contributed by atoms with Crippen LogP contribution < -0.4 is 5.32 Å². The Hall–Kier alpha value is -1.38. The molecule has 0 bridgehead atoms. The molecule has 0 aliphatic carbocycles. The lowest BCUT2D eigenvalue weighted by atomic mass is 10.2. The summed E-state index contributed by atoms with van der Waals surface area (Å²) in [6.07, 6.45) is 0. The van der Waals surface area contributed by atoms with E-state index in [-0.39, 0.29) is 12.6 Å². The smallest absolute Gasteiger partial charge is 0.0926 e. The summed E-state index contributed by atoms with van der Waals surface area (Å²) < 4.78 is 5.29. The fourth-order valence-corrected chi connectivity index (χ4v) is 2.04. The van der Waals surface area contributed by atoms with Crippen molar-refractivity contribution in [3.05, 3.63) is 35.9 Å². The van der Waals surface area contributed by atoms with Gasteiger partial charge in [0.15, 0.2) is 0 Å². The van der Waals surface area contributed by atoms with Crippen molar-refractivity contribution in [2.45, 2.75) is 12.6 Å². The van der Waals surface area contributed by atoms with Gasteiger partial charge in [-0.15, -0.1) is 0 Å². The molecule has 0 aromatic heterocycles. The first kappa shape index (κ1) is 15.0. The Morgan fingerprint density at radius 1 is 1.25 bits per heavy atom. The van der Waals surface area contributed by atoms with Gasteiger partial charge in [-0.25, -0.2) is 0 Å². The van der Waals surface area contributed by atoms with Crippen LogP contribution in [0.5, 0.6) is 0 Å². The molecule has 108 valence electrons. The Labute approximate surface area is 120 Å². The summed E-state index contributed by atoms with van der Waals surface area (Å²) in [6.45, 7) is 4.95. The van der Waals surface area contributed by atoms with Crippen LogP contribution in [-0.2, 0) is 11.3 Å². The second kappa shape index (κ2) is 8.72. The van der Waals surface area contributed by atoms with Crippen LogP contribution in [0, 0.1) is 11.8 Å². The van der Waals surface area contributed by atoms with Gasteiger partial charge in [0.2, 0.25) is 0 Å². The van der Waals surface area contributed by atoms with Crippen molar-refractivity contribution in [2.75, 3.05) is 39.5 Å². The van der Waals surface area contributed by atoms with E-state index in [1.807, 2.05) is 18.2 Å². The maximum Gasteiger partial charge on any atom is 0.0926 e. The molecule has 1 fully saturated rings. The van der Waals surface area contributed by atoms with Gasteiger partial charge in [-0.05, 0) is 5.56 Å². The van der Waals surface area contributed by atoms with E-state index >= 15 is 0 Å². The first-order valence-electron chi connectivity index (χ1n) is 7.05. The van der Waals surface area contributed by atoms with Crippen LogP contribution in [0.4, 0.5) is 0 Å². The number of ether oxygens (including phenoxy) is 1. The zero-order valence-corrected chi connectivity index (χ0v) is 11.7. The molecule has 1 heterocycles. The van der Waals surface area contributed by atoms with Gasteiger partial charge in [0.05, 0.1) is 32.4 Å². The second-order valence-electron chi connectivity index (χ2n) is 4.81. The summed E-state index contributed by atoms with van der Waals surface area (Å²) >= 11 is 0. The van der Waals surface area contributed by atoms with Crippen LogP contribution in [0.2, 0.25) is 0 Å². The van der Waals surface area contributed by atoms with E-state index in [2.05, 4.69) is 34.2 Å². The summed E-state index contributed by atoms with van der Waals surface area (Å²) in [5.41, 5.74) is 1.20. The number of benzene rings is 1. The van der Waals surface area contributed by atoms with Gasteiger partial charge in [0.1, 0.15) is 0 Å². The van der Waals surface area contributed by atoms with Gasteiger partial charge < -0.3 is 9.84 Å². The molecule has 1 saturated heterocycles. The SMILES string of the molecule is OCC(C#CCN1CCOCC1)NCc1ccccc1. The maximum atomic E-state index is 9.34. The molecule has 4 heteroatoms. The Kier molecular flexibility index (Phi) is 6.55. The lowest BCUT2D eigenvalue weighted by Gasteiger charge is -2.24. The summed E-state index contributed by atoms with van der Waals surface area (Å²) in [4.78, 5) is 2.27. The van der Waals surface area contributed by atoms with E-state index in [1.54, 1.807) is 0 Å². The number of morpholine rings is 1. The number of hydrogen-bond acceptors (Lipinski definition) is 4. The zero-order chi connectivity index (χ0) is 14.0. The zero-order valence-electron chi connectivity index (χ0n) is 11.7. The summed E-state index contributed by atoms with van der Waals surface area (Å²) in [6, 6.07) is 9.96. The van der Waals surface area contributed by atoms with Crippen molar-refractivity contribution in [1.29, 1.82) is 0 Å². The highest BCUT2D eigenvalue weighted by Gasteiger charge is 2.08. The van der Waals surface area contributed by atoms with Crippen LogP contribution in [0.3, 0.4) is 0 Å². The fraction of sp³-hybridized carbons (Fsp3) is 0.500. The molecule has 1 aliphatic rings. The molecule has 1 aromatic carbocycles. The molecule has 2 N–H and O–H groups in total. The minimum atomic E-state index is -0.170. The number of nitrogens with zero attached hydrogens (tertiary/aromatic N) is 1. The first-order chi connectivity index (χ1) is 9.88. The average Bonchev–Trinajstić information content (AvgIpc) is 2.52. The van der Waals surface area contributed by atoms with E-state index < -0.39 is 0 Å². The standard InChI is InChI=1S/C16H22N2O2/c19-14-16(17-13-15-5-2-1-3-6-15)7-4-8-18-9-11-20-12-10-18/h1-3,5-6,16-17,19H,8-14H2. The van der Waals surface area contributed by atoms with Crippen LogP contribution in [-0.4, -0.2) is 55.5 Å². The van der Waals surface area contributed by atoms with Gasteiger partial charge in [0.25, 0.3) is 0 Å². The molecule has 0 amide bonds. The van der Waals surface area contributed by atoms with Crippen molar-refractivity contribution < 1.29 is 9.84 Å². The van der Waals surface area contributed by atoms with E-state index in [1.165, 1.54) is 5.56 Å². The van der Waals surface area contributed by atoms with Gasteiger partial charge in [0, 0.05) is 19.6 Å². The quantitative estimate of drug-likeness (QED) is 0.766. The predicted octanol–water partition coefficient (Wildman–Crippen LogP) is 0.473. The molecule has 20 heavy (non-hydrogen) atoms. The van der Waals surface area contributed by atoms with Crippen LogP contribution in [0.1, 0.15) is 5.56 Å². The third-order valence-corrected chi connectivity index (χ3v) is 3.26. The van der Waals surface area contributed by atoms with Crippen LogP contribution >= 0.6 is 0 Å². The molecule has 0 saturated carbocycles. The number of rotatable bonds is 5. The molecule has 0 radical (unpaired) electrons. The number of hydrogen-bond donors (Lipinski definition) is 2. The largest absolute Gasteiger partial charge is 0.394 e. The van der Waals surface area contributed by atoms with E-state index in [0.29, 0.717) is 0 Å². The Morgan fingerprint density at radius 3 is 2.70 bits per heavy atom. The van der Waals surface area contributed by atoms with Gasteiger partial charge in [-0.1, -0.05) is 42.2 Å². The van der Waals surface area contributed by atoms with Crippen molar-refractivity contribution in [2.24, 2.45) is 0 Å². The molecule has 4 nitrogen and oxygen atoms in total. The van der Waals surface area contributed by atoms with E-state index in [4.69, 9.17) is 4.74 Å². The van der Waals surface area contributed by atoms with Crippen molar-refractivity contribution in [3.63, 3.8) is 0 Å². The Bertz CT molecular complexity index is 433. The molecule has 1 aliphatic heterocycles. The van der Waals surface area contributed by atoms with Crippen LogP contribution in [0.15, 0.2) is 30.3 Å². The van der Waals surface area contributed by atoms with Gasteiger partial charge >= 0.3 is 0 Å². The van der Waals surface area contributed by atoms with Crippen molar-refractivity contribution in [1.82, 2.24) is 10.2 Å². The van der Waals surface area contributed by atoms with E-state index in [0.717, 1.165) is 39.4 Å². The molecule has 1 atom stereocenters. The van der Waals surface area contributed by atoms with Gasteiger partial charge in [-0.2, -0.15) is 0 Å². The normalized spacial score (nSPS) is 17.2. The molecular weight excluding hydrogens is 252 g/mol. The number of aliphatic hydroxyl groups excluding tert-OH is 1. The minimum absolute atomic E-state index is 0.0307. The lowest BCUT2D eigenvalue weighted by Crippen LogP contribution is -2.36. The summed E-state index contributed by atoms with van der Waals surface area (Å²) in [5.74, 6) is 6.23. The lowest BCUT2D eigenvalue weighted by molar-refractivity contribution is 0.0443. The second-order valence-corrected chi connectivity index (χ2v) is 4.81.